The van der Waals surface area contributed by atoms with E-state index in [1.54, 1.807) is 48.5 Å². The molecule has 50 heavy (non-hydrogen) atoms. The molecular weight excluding hydrogens is 636 g/mol. The van der Waals surface area contributed by atoms with Crippen molar-refractivity contribution in [3.8, 4) is 11.5 Å². The van der Waals surface area contributed by atoms with E-state index in [4.69, 9.17) is 19.1 Å². The van der Waals surface area contributed by atoms with Gasteiger partial charge in [-0.3, -0.25) is 9.59 Å². The van der Waals surface area contributed by atoms with Crippen LogP contribution < -0.4 is 9.47 Å². The molecule has 0 radical (unpaired) electrons. The summed E-state index contributed by atoms with van der Waals surface area (Å²) in [4.78, 5) is 60.1. The van der Waals surface area contributed by atoms with Crippen molar-refractivity contribution in [2.45, 2.75) is 119 Å². The van der Waals surface area contributed by atoms with Gasteiger partial charge in [0.2, 0.25) is 11.6 Å². The number of carbonyl (C=O) groups is 4. The molecule has 0 spiro atoms. The maximum absolute atomic E-state index is 12.7. The Morgan fingerprint density at radius 2 is 0.900 bits per heavy atom. The summed E-state index contributed by atoms with van der Waals surface area (Å²) >= 11 is 0. The molecule has 2 aromatic rings. The van der Waals surface area contributed by atoms with Crippen molar-refractivity contribution in [2.24, 2.45) is 22.1 Å². The number of nitrogens with zero attached hydrogens (tertiary/aromatic N) is 2. The van der Waals surface area contributed by atoms with Gasteiger partial charge in [0, 0.05) is 11.1 Å². The molecule has 2 unspecified atom stereocenters. The molecule has 0 saturated carbocycles. The lowest BCUT2D eigenvalue weighted by atomic mass is 10.00. The number of benzene rings is 2. The van der Waals surface area contributed by atoms with Crippen LogP contribution in [-0.4, -0.2) is 48.1 Å². The van der Waals surface area contributed by atoms with E-state index in [1.807, 2.05) is 13.8 Å². The van der Waals surface area contributed by atoms with E-state index >= 15 is 0 Å². The minimum absolute atomic E-state index is 0.118. The van der Waals surface area contributed by atoms with E-state index in [9.17, 15) is 19.2 Å². The molecule has 10 nitrogen and oxygen atoms in total. The molecule has 2 atom stereocenters. The molecule has 0 saturated heterocycles. The lowest BCUT2D eigenvalue weighted by molar-refractivity contribution is -0.149. The largest absolute Gasteiger partial charge is 0.494 e. The fourth-order valence-corrected chi connectivity index (χ4v) is 5.10. The second-order valence-electron chi connectivity index (χ2n) is 12.5. The van der Waals surface area contributed by atoms with Gasteiger partial charge in [0.05, 0.1) is 25.0 Å². The molecule has 0 aromatic heterocycles. The SMILES string of the molecule is CCCCC(CC)C(=O)O/N=C(\C)C(=O)c1ccc(OCCCCCCOc2ccc(C(=O)/C(C)=N/OC(=O)C(CC)CCCC)cc2)cc1. The van der Waals surface area contributed by atoms with Crippen molar-refractivity contribution in [3.63, 3.8) is 0 Å². The van der Waals surface area contributed by atoms with Crippen LogP contribution in [0.15, 0.2) is 58.8 Å². The molecule has 0 aliphatic rings. The molecule has 0 fully saturated rings. The molecule has 2 rings (SSSR count). The Hall–Kier alpha value is -4.34. The lowest BCUT2D eigenvalue weighted by Gasteiger charge is -2.11. The van der Waals surface area contributed by atoms with Crippen LogP contribution in [0, 0.1) is 11.8 Å². The second-order valence-corrected chi connectivity index (χ2v) is 12.5. The maximum Gasteiger partial charge on any atom is 0.338 e. The maximum atomic E-state index is 12.7. The van der Waals surface area contributed by atoms with Gasteiger partial charge in [-0.05, 0) is 114 Å². The van der Waals surface area contributed by atoms with Crippen LogP contribution in [0.2, 0.25) is 0 Å². The van der Waals surface area contributed by atoms with E-state index in [1.165, 1.54) is 13.8 Å². The highest BCUT2D eigenvalue weighted by atomic mass is 16.7. The van der Waals surface area contributed by atoms with Crippen LogP contribution in [0.5, 0.6) is 11.5 Å². The lowest BCUT2D eigenvalue weighted by Crippen LogP contribution is -2.17. The van der Waals surface area contributed by atoms with Gasteiger partial charge in [-0.25, -0.2) is 9.59 Å². The fraction of sp³-hybridized carbons (Fsp3) is 0.550. The Morgan fingerprint density at radius 1 is 0.540 bits per heavy atom. The van der Waals surface area contributed by atoms with Gasteiger partial charge >= 0.3 is 11.9 Å². The molecule has 2 aromatic carbocycles. The van der Waals surface area contributed by atoms with Crippen molar-refractivity contribution < 1.29 is 38.3 Å². The number of oxime groups is 2. The van der Waals surface area contributed by atoms with Crippen LogP contribution in [0.25, 0.3) is 0 Å². The van der Waals surface area contributed by atoms with E-state index in [-0.39, 0.29) is 34.8 Å². The summed E-state index contributed by atoms with van der Waals surface area (Å²) in [5.74, 6) is -0.477. The summed E-state index contributed by atoms with van der Waals surface area (Å²) in [7, 11) is 0. The smallest absolute Gasteiger partial charge is 0.338 e. The Balaban J connectivity index is 1.65. The highest BCUT2D eigenvalue weighted by Gasteiger charge is 2.20. The van der Waals surface area contributed by atoms with Crippen LogP contribution in [0.4, 0.5) is 0 Å². The number of hydrogen-bond donors (Lipinski definition) is 0. The standard InChI is InChI=1S/C40H56N2O8/c1-7-11-17-31(9-3)39(45)49-41-29(5)37(43)33-19-23-35(24-20-33)47-27-15-13-14-16-28-48-36-25-21-34(22-26-36)38(44)30(6)42-50-40(46)32(10-4)18-12-8-2/h19-26,31-32H,7-18,27-28H2,1-6H3/b41-29+,42-30+. The first kappa shape index (κ1) is 41.8. The normalized spacial score (nSPS) is 12.9. The summed E-state index contributed by atoms with van der Waals surface area (Å²) in [6.07, 6.45) is 10.5. The molecule has 0 amide bonds. The summed E-state index contributed by atoms with van der Waals surface area (Å²) in [6.45, 7) is 12.2. The third-order valence-electron chi connectivity index (χ3n) is 8.48. The molecule has 10 heteroatoms. The Labute approximate surface area is 298 Å². The summed E-state index contributed by atoms with van der Waals surface area (Å²) in [5, 5.41) is 7.59. The zero-order chi connectivity index (χ0) is 36.7. The first-order chi connectivity index (χ1) is 24.1. The number of carbonyl (C=O) groups excluding carboxylic acids is 4. The number of Topliss-reactive ketones (excluding diaryl/α,β-unsaturated/α-hetero) is 2. The minimum Gasteiger partial charge on any atom is -0.494 e. The van der Waals surface area contributed by atoms with Crippen molar-refractivity contribution in [1.29, 1.82) is 0 Å². The van der Waals surface area contributed by atoms with Gasteiger partial charge in [-0.15, -0.1) is 0 Å². The zero-order valence-electron chi connectivity index (χ0n) is 30.8. The highest BCUT2D eigenvalue weighted by molar-refractivity contribution is 6.45. The molecular formula is C40H56N2O8. The number of hydrogen-bond acceptors (Lipinski definition) is 10. The highest BCUT2D eigenvalue weighted by Crippen LogP contribution is 2.18. The average Bonchev–Trinajstić information content (AvgIpc) is 3.14. The molecule has 0 N–H and O–H groups in total. The zero-order valence-corrected chi connectivity index (χ0v) is 30.8. The first-order valence-electron chi connectivity index (χ1n) is 18.2. The van der Waals surface area contributed by atoms with Gasteiger partial charge in [0.25, 0.3) is 0 Å². The van der Waals surface area contributed by atoms with Crippen molar-refractivity contribution in [1.82, 2.24) is 0 Å². The van der Waals surface area contributed by atoms with E-state index in [0.717, 1.165) is 64.2 Å². The third kappa shape index (κ3) is 15.0. The van der Waals surface area contributed by atoms with Crippen LogP contribution in [0.3, 0.4) is 0 Å². The van der Waals surface area contributed by atoms with Crippen LogP contribution in [-0.2, 0) is 19.3 Å². The molecule has 0 heterocycles. The van der Waals surface area contributed by atoms with Gasteiger partial charge in [-0.2, -0.15) is 0 Å². The van der Waals surface area contributed by atoms with Gasteiger partial charge in [0.1, 0.15) is 22.9 Å². The Bertz CT molecular complexity index is 1290. The topological polar surface area (TPSA) is 130 Å². The third-order valence-corrected chi connectivity index (χ3v) is 8.48. The molecule has 0 bridgehead atoms. The number of rotatable bonds is 25. The van der Waals surface area contributed by atoms with Gasteiger partial charge in [0.15, 0.2) is 0 Å². The fourth-order valence-electron chi connectivity index (χ4n) is 5.10. The monoisotopic (exact) mass is 692 g/mol. The second kappa shape index (κ2) is 23.9. The van der Waals surface area contributed by atoms with E-state index < -0.39 is 11.9 Å². The number of unbranched alkanes of at least 4 members (excludes halogenated alkanes) is 5. The summed E-state index contributed by atoms with van der Waals surface area (Å²) in [6, 6.07) is 13.7. The minimum atomic E-state index is -0.396. The van der Waals surface area contributed by atoms with Crippen molar-refractivity contribution >= 4 is 34.9 Å². The van der Waals surface area contributed by atoms with Crippen LogP contribution >= 0.6 is 0 Å². The van der Waals surface area contributed by atoms with Gasteiger partial charge in [-0.1, -0.05) is 63.7 Å². The summed E-state index contributed by atoms with van der Waals surface area (Å²) in [5.41, 5.74) is 1.12. The average molecular weight is 693 g/mol. The van der Waals surface area contributed by atoms with Crippen molar-refractivity contribution in [3.05, 3.63) is 59.7 Å². The molecule has 0 aliphatic heterocycles. The predicted molar refractivity (Wildman–Crippen MR) is 196 cm³/mol. The predicted octanol–water partition coefficient (Wildman–Crippen LogP) is 9.34. The number of ketones is 2. The Morgan fingerprint density at radius 3 is 1.22 bits per heavy atom. The Kier molecular flexibility index (Phi) is 20.0. The van der Waals surface area contributed by atoms with E-state index in [0.29, 0.717) is 48.7 Å². The number of ether oxygens (including phenoxy) is 2. The summed E-state index contributed by atoms with van der Waals surface area (Å²) < 4.78 is 11.7. The quantitative estimate of drug-likeness (QED) is 0.0331. The first-order valence-corrected chi connectivity index (χ1v) is 18.2. The van der Waals surface area contributed by atoms with E-state index in [2.05, 4.69) is 24.2 Å². The van der Waals surface area contributed by atoms with Crippen LogP contribution in [0.1, 0.15) is 139 Å². The van der Waals surface area contributed by atoms with Crippen molar-refractivity contribution in [2.75, 3.05) is 13.2 Å². The van der Waals surface area contributed by atoms with Gasteiger partial charge < -0.3 is 19.1 Å². The molecule has 0 aliphatic carbocycles. The molecule has 274 valence electrons.